The van der Waals surface area contributed by atoms with Gasteiger partial charge < -0.3 is 20.3 Å². The van der Waals surface area contributed by atoms with Crippen LogP contribution in [-0.4, -0.2) is 43.3 Å². The first-order valence-corrected chi connectivity index (χ1v) is 5.61. The molecule has 1 amide bonds. The Morgan fingerprint density at radius 2 is 1.62 bits per heavy atom. The largest absolute Gasteiger partial charge is 0.483 e. The number of ether oxygens (including phenoxy) is 1. The molecule has 122 valence electrons. The Kier molecular flexibility index (Phi) is 29.3. The molecule has 0 heterocycles. The summed E-state index contributed by atoms with van der Waals surface area (Å²) >= 11 is 0. The average Bonchev–Trinajstić information content (AvgIpc) is 2.52. The van der Waals surface area contributed by atoms with Crippen molar-refractivity contribution in [2.45, 2.75) is 21.3 Å². The van der Waals surface area contributed by atoms with Crippen molar-refractivity contribution >= 4 is 24.5 Å². The van der Waals surface area contributed by atoms with Crippen LogP contribution in [0.3, 0.4) is 0 Å². The van der Waals surface area contributed by atoms with Gasteiger partial charge in [0.2, 0.25) is 6.41 Å². The van der Waals surface area contributed by atoms with Crippen LogP contribution in [0.4, 0.5) is 5.69 Å². The van der Waals surface area contributed by atoms with E-state index in [0.717, 1.165) is 7.11 Å². The molecule has 0 atom stereocenters. The zero-order chi connectivity index (χ0) is 16.4. The van der Waals surface area contributed by atoms with Crippen molar-refractivity contribution in [1.29, 1.82) is 0 Å². The highest BCUT2D eigenvalue weighted by Gasteiger charge is 2.09. The molecule has 0 unspecified atom stereocenters. The normalized spacial score (nSPS) is 6.71. The van der Waals surface area contributed by atoms with E-state index in [-0.39, 0.29) is 13.9 Å². The van der Waals surface area contributed by atoms with Crippen molar-refractivity contribution in [3.63, 3.8) is 0 Å². The van der Waals surface area contributed by atoms with E-state index in [0.29, 0.717) is 17.7 Å². The van der Waals surface area contributed by atoms with Crippen LogP contribution in [-0.2, 0) is 14.3 Å². The van der Waals surface area contributed by atoms with E-state index in [2.05, 4.69) is 10.1 Å². The van der Waals surface area contributed by atoms with Gasteiger partial charge in [0.05, 0.1) is 18.4 Å². The van der Waals surface area contributed by atoms with Gasteiger partial charge in [0.25, 0.3) is 6.47 Å². The van der Waals surface area contributed by atoms with Crippen LogP contribution in [0.2, 0.25) is 0 Å². The lowest BCUT2D eigenvalue weighted by atomic mass is 10.2. The maximum Gasteiger partial charge on any atom is 0.339 e. The van der Waals surface area contributed by atoms with E-state index in [1.807, 2.05) is 13.8 Å². The van der Waals surface area contributed by atoms with Crippen LogP contribution in [0.5, 0.6) is 0 Å². The number of amides is 1. The smallest absolute Gasteiger partial charge is 0.339 e. The second-order valence-corrected chi connectivity index (χ2v) is 2.40. The highest BCUT2D eigenvalue weighted by molar-refractivity contribution is 5.97. The van der Waals surface area contributed by atoms with E-state index < -0.39 is 5.97 Å². The molecule has 1 aromatic carbocycles. The number of anilines is 1. The summed E-state index contributed by atoms with van der Waals surface area (Å²) in [4.78, 5) is 29.7. The Labute approximate surface area is 125 Å². The number of rotatable bonds is 3. The summed E-state index contributed by atoms with van der Waals surface area (Å²) < 4.78 is 4.53. The lowest BCUT2D eigenvalue weighted by molar-refractivity contribution is -0.122. The fourth-order valence-electron chi connectivity index (χ4n) is 0.960. The summed E-state index contributed by atoms with van der Waals surface area (Å²) in [6.07, 6.45) is 0.516. The molecular formula is C14H25NO6. The molecule has 0 aromatic heterocycles. The molecule has 7 heteroatoms. The van der Waals surface area contributed by atoms with Gasteiger partial charge in [-0.3, -0.25) is 9.59 Å². The standard InChI is InChI=1S/C9H9NO3.C2H6.CH2O2.CH4O.CH4/c1-13-9(12)7-4-2-3-5-8(7)10-6-11;1-2;2-1-3;1-2;/h2-6H,1H3,(H,10,11);1-2H3;1H,(H,2,3);2H,1H3;1H4. The summed E-state index contributed by atoms with van der Waals surface area (Å²) in [6, 6.07) is 6.62. The minimum absolute atomic E-state index is 0. The molecule has 0 aliphatic heterocycles. The number of esters is 1. The van der Waals surface area contributed by atoms with Crippen molar-refractivity contribution in [2.24, 2.45) is 0 Å². The number of hydrogen-bond donors (Lipinski definition) is 3. The van der Waals surface area contributed by atoms with Crippen molar-refractivity contribution < 1.29 is 29.3 Å². The topological polar surface area (TPSA) is 113 Å². The van der Waals surface area contributed by atoms with E-state index in [4.69, 9.17) is 15.0 Å². The molecule has 21 heavy (non-hydrogen) atoms. The van der Waals surface area contributed by atoms with Crippen LogP contribution in [0.15, 0.2) is 24.3 Å². The van der Waals surface area contributed by atoms with Gasteiger partial charge in [-0.2, -0.15) is 0 Å². The molecule has 0 fully saturated rings. The fourth-order valence-corrected chi connectivity index (χ4v) is 0.960. The molecule has 1 aromatic rings. The van der Waals surface area contributed by atoms with Crippen molar-refractivity contribution in [2.75, 3.05) is 19.5 Å². The maximum atomic E-state index is 11.1. The number of carboxylic acid groups (broad SMARTS) is 1. The molecule has 0 spiro atoms. The minimum Gasteiger partial charge on any atom is -0.483 e. The molecule has 0 saturated carbocycles. The Hall–Kier alpha value is -2.41. The summed E-state index contributed by atoms with van der Waals surface area (Å²) in [7, 11) is 2.29. The highest BCUT2D eigenvalue weighted by atomic mass is 16.5. The van der Waals surface area contributed by atoms with Crippen LogP contribution in [0.25, 0.3) is 0 Å². The third kappa shape index (κ3) is 13.8. The molecule has 1 rings (SSSR count). The van der Waals surface area contributed by atoms with Crippen LogP contribution < -0.4 is 5.32 Å². The first-order valence-electron chi connectivity index (χ1n) is 5.61. The van der Waals surface area contributed by atoms with Crippen molar-refractivity contribution in [1.82, 2.24) is 0 Å². The predicted octanol–water partition coefficient (Wildman–Crippen LogP) is 2.01. The van der Waals surface area contributed by atoms with Gasteiger partial charge in [-0.15, -0.1) is 0 Å². The van der Waals surface area contributed by atoms with E-state index in [1.54, 1.807) is 24.3 Å². The average molecular weight is 303 g/mol. The molecule has 0 aliphatic carbocycles. The lowest BCUT2D eigenvalue weighted by Gasteiger charge is -2.04. The van der Waals surface area contributed by atoms with Gasteiger partial charge in [-0.1, -0.05) is 33.4 Å². The van der Waals surface area contributed by atoms with Crippen molar-refractivity contribution in [3.05, 3.63) is 29.8 Å². The molecule has 3 N–H and O–H groups in total. The molecule has 7 nitrogen and oxygen atoms in total. The van der Waals surface area contributed by atoms with Crippen LogP contribution in [0, 0.1) is 0 Å². The predicted molar refractivity (Wildman–Crippen MR) is 82.4 cm³/mol. The zero-order valence-corrected chi connectivity index (χ0v) is 12.0. The first kappa shape index (κ1) is 27.0. The Morgan fingerprint density at radius 3 is 2.00 bits per heavy atom. The van der Waals surface area contributed by atoms with E-state index in [9.17, 15) is 9.59 Å². The summed E-state index contributed by atoms with van der Waals surface area (Å²) in [5, 5.41) is 16.3. The summed E-state index contributed by atoms with van der Waals surface area (Å²) in [5.74, 6) is -0.468. The Bertz CT molecular complexity index is 368. The molecule has 0 saturated heterocycles. The van der Waals surface area contributed by atoms with E-state index in [1.165, 1.54) is 7.11 Å². The summed E-state index contributed by atoms with van der Waals surface area (Å²) in [5.41, 5.74) is 0.793. The number of methoxy groups -OCH3 is 1. The second kappa shape index (κ2) is 22.7. The number of carbonyl (C=O) groups excluding carboxylic acids is 2. The zero-order valence-electron chi connectivity index (χ0n) is 12.0. The number of para-hydroxylation sites is 1. The van der Waals surface area contributed by atoms with Crippen LogP contribution in [0.1, 0.15) is 31.6 Å². The minimum atomic E-state index is -0.468. The third-order valence-electron chi connectivity index (χ3n) is 1.55. The first-order chi connectivity index (χ1) is 9.71. The number of carbonyl (C=O) groups is 3. The van der Waals surface area contributed by atoms with Gasteiger partial charge in [-0.25, -0.2) is 4.79 Å². The van der Waals surface area contributed by atoms with E-state index >= 15 is 0 Å². The summed E-state index contributed by atoms with van der Waals surface area (Å²) in [6.45, 7) is 3.75. The van der Waals surface area contributed by atoms with Gasteiger partial charge in [-0.05, 0) is 12.1 Å². The molecule has 0 bridgehead atoms. The number of hydrogen-bond acceptors (Lipinski definition) is 5. The van der Waals surface area contributed by atoms with Gasteiger partial charge in [0.15, 0.2) is 0 Å². The SMILES string of the molecule is C.CC.CO.COC(=O)c1ccccc1NC=O.O=CO. The second-order valence-electron chi connectivity index (χ2n) is 2.40. The molecule has 0 radical (unpaired) electrons. The molecular weight excluding hydrogens is 278 g/mol. The van der Waals surface area contributed by atoms with Gasteiger partial charge in [0, 0.05) is 7.11 Å². The Balaban J connectivity index is -0.000000157. The number of benzene rings is 1. The van der Waals surface area contributed by atoms with Crippen molar-refractivity contribution in [3.8, 4) is 0 Å². The van der Waals surface area contributed by atoms with Crippen LogP contribution >= 0.6 is 0 Å². The third-order valence-corrected chi connectivity index (χ3v) is 1.55. The maximum absolute atomic E-state index is 11.1. The van der Waals surface area contributed by atoms with Gasteiger partial charge in [0.1, 0.15) is 0 Å². The quantitative estimate of drug-likeness (QED) is 0.581. The fraction of sp³-hybridized carbons (Fsp3) is 0.357. The Morgan fingerprint density at radius 1 is 1.19 bits per heavy atom. The number of aliphatic hydroxyl groups excluding tert-OH is 1. The number of nitrogens with one attached hydrogen (secondary N) is 1. The number of aliphatic hydroxyl groups is 1. The molecule has 0 aliphatic rings. The van der Waals surface area contributed by atoms with Gasteiger partial charge >= 0.3 is 5.97 Å². The highest BCUT2D eigenvalue weighted by Crippen LogP contribution is 2.14. The lowest BCUT2D eigenvalue weighted by Crippen LogP contribution is -2.06. The monoisotopic (exact) mass is 303 g/mol.